The predicted molar refractivity (Wildman–Crippen MR) is 89.9 cm³/mol. The van der Waals surface area contributed by atoms with Crippen molar-refractivity contribution < 1.29 is 17.8 Å². The van der Waals surface area contributed by atoms with Crippen LogP contribution in [0.5, 0.6) is 0 Å². The van der Waals surface area contributed by atoms with Crippen LogP contribution in [-0.2, 0) is 10.1 Å². The number of aromatic nitrogens is 1. The number of thiazole rings is 1. The molecule has 0 fully saturated rings. The van der Waals surface area contributed by atoms with Crippen molar-refractivity contribution in [3.63, 3.8) is 0 Å². The molecule has 0 saturated heterocycles. The monoisotopic (exact) mass is 365 g/mol. The van der Waals surface area contributed by atoms with Crippen LogP contribution in [-0.4, -0.2) is 23.7 Å². The quantitative estimate of drug-likeness (QED) is 0.563. The first-order valence-corrected chi connectivity index (χ1v) is 9.62. The Labute approximate surface area is 141 Å². The number of hydrogen-bond acceptors (Lipinski definition) is 6. The maximum atomic E-state index is 12.5. The summed E-state index contributed by atoms with van der Waals surface area (Å²) in [5, 5.41) is 2.12. The molecule has 1 aromatic carbocycles. The molecule has 8 heteroatoms. The second-order valence-corrected chi connectivity index (χ2v) is 8.39. The molecule has 2 heterocycles. The molecular weight excluding hydrogens is 354 g/mol. The van der Waals surface area contributed by atoms with E-state index in [-0.39, 0.29) is 9.99 Å². The van der Waals surface area contributed by atoms with Gasteiger partial charge >= 0.3 is 10.1 Å². The highest BCUT2D eigenvalue weighted by molar-refractivity contribution is 7.88. The molecule has 3 aromatic rings. The number of rotatable bonds is 4. The highest BCUT2D eigenvalue weighted by Crippen LogP contribution is 2.32. The van der Waals surface area contributed by atoms with E-state index in [9.17, 15) is 13.2 Å². The summed E-state index contributed by atoms with van der Waals surface area (Å²) < 4.78 is 31.1. The Morgan fingerprint density at radius 3 is 2.65 bits per heavy atom. The zero-order valence-electron chi connectivity index (χ0n) is 11.9. The van der Waals surface area contributed by atoms with Crippen LogP contribution >= 0.6 is 22.7 Å². The molecule has 0 aliphatic carbocycles. The Kier molecular flexibility index (Phi) is 4.15. The molecular formula is C15H11NO4S3. The first-order valence-electron chi connectivity index (χ1n) is 6.49. The fourth-order valence-corrected chi connectivity index (χ4v) is 4.49. The molecule has 0 atom stereocenters. The molecule has 3 rings (SSSR count). The maximum absolute atomic E-state index is 12.5. The van der Waals surface area contributed by atoms with E-state index in [1.165, 1.54) is 23.6 Å². The summed E-state index contributed by atoms with van der Waals surface area (Å²) in [6.45, 7) is 1.87. The van der Waals surface area contributed by atoms with Crippen molar-refractivity contribution >= 4 is 38.6 Å². The van der Waals surface area contributed by atoms with Crippen molar-refractivity contribution in [3.05, 3.63) is 57.9 Å². The van der Waals surface area contributed by atoms with Crippen LogP contribution in [0, 0.1) is 6.92 Å². The lowest BCUT2D eigenvalue weighted by Crippen LogP contribution is -2.00. The molecule has 0 aliphatic rings. The highest BCUT2D eigenvalue weighted by Gasteiger charge is 2.18. The Hall–Kier alpha value is -1.87. The van der Waals surface area contributed by atoms with Crippen molar-refractivity contribution in [2.24, 2.45) is 0 Å². The van der Waals surface area contributed by atoms with Gasteiger partial charge in [-0.05, 0) is 18.6 Å². The van der Waals surface area contributed by atoms with Crippen molar-refractivity contribution in [1.29, 1.82) is 0 Å². The minimum atomic E-state index is -4.22. The van der Waals surface area contributed by atoms with Crippen molar-refractivity contribution in [2.45, 2.75) is 11.1 Å². The van der Waals surface area contributed by atoms with Gasteiger partial charge in [0.15, 0.2) is 0 Å². The molecule has 0 amide bonds. The van der Waals surface area contributed by atoms with E-state index in [1.54, 1.807) is 17.5 Å². The van der Waals surface area contributed by atoms with Gasteiger partial charge in [0.1, 0.15) is 9.22 Å². The average Bonchev–Trinajstić information content (AvgIpc) is 3.15. The van der Waals surface area contributed by atoms with E-state index in [0.717, 1.165) is 16.9 Å². The van der Waals surface area contributed by atoms with E-state index in [1.807, 2.05) is 19.1 Å². The summed E-state index contributed by atoms with van der Waals surface area (Å²) in [7, 11) is -4.22. The van der Waals surface area contributed by atoms with Crippen molar-refractivity contribution in [2.75, 3.05) is 0 Å². The molecule has 23 heavy (non-hydrogen) atoms. The normalized spacial score (nSPS) is 11.6. The van der Waals surface area contributed by atoms with E-state index in [2.05, 4.69) is 4.98 Å². The van der Waals surface area contributed by atoms with Crippen LogP contribution in [0.4, 0.5) is 0 Å². The van der Waals surface area contributed by atoms with Crippen LogP contribution < -0.4 is 0 Å². The maximum Gasteiger partial charge on any atom is 0.304 e. The first kappa shape index (κ1) is 16.0. The number of aryl methyl sites for hydroxylation is 1. The Bertz CT molecular complexity index is 986. The third-order valence-electron chi connectivity index (χ3n) is 3.20. The van der Waals surface area contributed by atoms with E-state index in [4.69, 9.17) is 4.55 Å². The number of carbonyl (C=O) groups is 1. The lowest BCUT2D eigenvalue weighted by atomic mass is 10.0. The van der Waals surface area contributed by atoms with Gasteiger partial charge in [-0.2, -0.15) is 8.42 Å². The predicted octanol–water partition coefficient (Wildman–Crippen LogP) is 3.66. The third-order valence-corrected chi connectivity index (χ3v) is 6.51. The Morgan fingerprint density at radius 2 is 2.00 bits per heavy atom. The number of benzene rings is 1. The summed E-state index contributed by atoms with van der Waals surface area (Å²) >= 11 is 2.10. The van der Waals surface area contributed by atoms with Gasteiger partial charge in [-0.25, -0.2) is 4.98 Å². The van der Waals surface area contributed by atoms with Crippen molar-refractivity contribution in [1.82, 2.24) is 4.98 Å². The van der Waals surface area contributed by atoms with Gasteiger partial charge in [0.05, 0.1) is 4.88 Å². The van der Waals surface area contributed by atoms with Crippen LogP contribution in [0.2, 0.25) is 0 Å². The second kappa shape index (κ2) is 5.97. The molecule has 0 saturated carbocycles. The molecule has 0 radical (unpaired) electrons. The summed E-state index contributed by atoms with van der Waals surface area (Å²) in [6.07, 6.45) is 1.49. The first-order chi connectivity index (χ1) is 10.9. The van der Waals surface area contributed by atoms with Gasteiger partial charge in [-0.15, -0.1) is 22.7 Å². The van der Waals surface area contributed by atoms with Gasteiger partial charge in [-0.1, -0.05) is 24.3 Å². The van der Waals surface area contributed by atoms with Gasteiger partial charge < -0.3 is 0 Å². The van der Waals surface area contributed by atoms with Gasteiger partial charge in [0, 0.05) is 22.7 Å². The summed E-state index contributed by atoms with van der Waals surface area (Å²) in [5.74, 6) is -0.114. The van der Waals surface area contributed by atoms with E-state index < -0.39 is 10.1 Å². The Morgan fingerprint density at radius 1 is 1.26 bits per heavy atom. The van der Waals surface area contributed by atoms with Gasteiger partial charge in [0.2, 0.25) is 5.78 Å². The number of carbonyl (C=O) groups excluding carboxylic acids is 1. The van der Waals surface area contributed by atoms with Crippen LogP contribution in [0.3, 0.4) is 0 Å². The zero-order chi connectivity index (χ0) is 16.6. The molecule has 2 aromatic heterocycles. The molecule has 0 bridgehead atoms. The lowest BCUT2D eigenvalue weighted by Gasteiger charge is -2.01. The molecule has 0 unspecified atom stereocenters. The molecule has 1 N–H and O–H groups in total. The molecule has 5 nitrogen and oxygen atoms in total. The average molecular weight is 365 g/mol. The minimum Gasteiger partial charge on any atom is -0.288 e. The van der Waals surface area contributed by atoms with Gasteiger partial charge in [-0.3, -0.25) is 9.35 Å². The van der Waals surface area contributed by atoms with Crippen molar-refractivity contribution in [3.8, 4) is 10.6 Å². The SMILES string of the molecule is Cc1ccccc1C(=O)c1cnc(-c2csc(S(=O)(=O)O)c2)s1. The smallest absolute Gasteiger partial charge is 0.288 e. The van der Waals surface area contributed by atoms with E-state index in [0.29, 0.717) is 21.0 Å². The third kappa shape index (κ3) is 3.25. The number of hydrogen-bond donors (Lipinski definition) is 1. The molecule has 118 valence electrons. The molecule has 0 aliphatic heterocycles. The summed E-state index contributed by atoms with van der Waals surface area (Å²) in [6, 6.07) is 8.65. The standard InChI is InChI=1S/C15H11NO4S3/c1-9-4-2-3-5-11(9)14(17)12-7-16-15(22-12)10-6-13(21-8-10)23(18,19)20/h2-8H,1H3,(H,18,19,20). The largest absolute Gasteiger partial charge is 0.304 e. The van der Waals surface area contributed by atoms with Crippen LogP contribution in [0.25, 0.3) is 10.6 Å². The zero-order valence-corrected chi connectivity index (χ0v) is 14.3. The van der Waals surface area contributed by atoms with Gasteiger partial charge in [0.25, 0.3) is 0 Å². The number of nitrogens with zero attached hydrogens (tertiary/aromatic N) is 1. The topological polar surface area (TPSA) is 84.3 Å². The summed E-state index contributed by atoms with van der Waals surface area (Å²) in [5.41, 5.74) is 2.07. The Balaban J connectivity index is 1.93. The fourth-order valence-electron chi connectivity index (χ4n) is 2.04. The fraction of sp³-hybridized carbons (Fsp3) is 0.0667. The summed E-state index contributed by atoms with van der Waals surface area (Å²) in [4.78, 5) is 17.2. The lowest BCUT2D eigenvalue weighted by molar-refractivity contribution is 0.104. The number of ketones is 1. The van der Waals surface area contributed by atoms with Crippen LogP contribution in [0.1, 0.15) is 20.8 Å². The number of thiophene rings is 1. The van der Waals surface area contributed by atoms with Crippen LogP contribution in [0.15, 0.2) is 46.1 Å². The van der Waals surface area contributed by atoms with E-state index >= 15 is 0 Å². The minimum absolute atomic E-state index is 0.114. The molecule has 0 spiro atoms. The second-order valence-electron chi connectivity index (χ2n) is 4.80. The highest BCUT2D eigenvalue weighted by atomic mass is 32.3.